The summed E-state index contributed by atoms with van der Waals surface area (Å²) < 4.78 is 0. The highest BCUT2D eigenvalue weighted by atomic mass is 14.7. The molecule has 1 heterocycles. The van der Waals surface area contributed by atoms with Gasteiger partial charge in [0, 0.05) is 27.7 Å². The second-order valence-electron chi connectivity index (χ2n) is 5.40. The van der Waals surface area contributed by atoms with Crippen LogP contribution in [-0.2, 0) is 0 Å². The molecule has 3 nitrogen and oxygen atoms in total. The standard InChI is InChI=1S/C19H15N3/c20-13-7-5-12(6-8-13)19-15-3-1-2-4-17(15)22-18-11-14(21)9-10-16(18)19/h1-11H,20-21H2. The molecule has 0 aliphatic rings. The first-order valence-electron chi connectivity index (χ1n) is 7.16. The third-order valence-corrected chi connectivity index (χ3v) is 3.90. The van der Waals surface area contributed by atoms with Crippen LogP contribution in [0.2, 0.25) is 0 Å². The first kappa shape index (κ1) is 12.7. The normalized spacial score (nSPS) is 11.1. The maximum Gasteiger partial charge on any atom is 0.0736 e. The molecular formula is C19H15N3. The molecule has 0 aliphatic carbocycles. The summed E-state index contributed by atoms with van der Waals surface area (Å²) in [6.07, 6.45) is 0. The summed E-state index contributed by atoms with van der Waals surface area (Å²) in [5.41, 5.74) is 17.4. The second kappa shape index (κ2) is 4.74. The van der Waals surface area contributed by atoms with E-state index in [0.717, 1.165) is 38.7 Å². The van der Waals surface area contributed by atoms with E-state index in [0.29, 0.717) is 0 Å². The van der Waals surface area contributed by atoms with E-state index in [9.17, 15) is 0 Å². The first-order chi connectivity index (χ1) is 10.7. The minimum absolute atomic E-state index is 0.721. The molecule has 0 saturated carbocycles. The van der Waals surface area contributed by atoms with E-state index in [2.05, 4.69) is 6.07 Å². The highest BCUT2D eigenvalue weighted by Gasteiger charge is 2.11. The fourth-order valence-electron chi connectivity index (χ4n) is 2.87. The molecule has 0 saturated heterocycles. The van der Waals surface area contributed by atoms with Crippen molar-refractivity contribution in [2.24, 2.45) is 0 Å². The van der Waals surface area contributed by atoms with E-state index in [1.165, 1.54) is 5.56 Å². The van der Waals surface area contributed by atoms with Crippen LogP contribution in [0.5, 0.6) is 0 Å². The Hall–Kier alpha value is -3.07. The van der Waals surface area contributed by atoms with E-state index < -0.39 is 0 Å². The predicted molar refractivity (Wildman–Crippen MR) is 93.5 cm³/mol. The molecule has 0 atom stereocenters. The van der Waals surface area contributed by atoms with Crippen LogP contribution in [0.25, 0.3) is 32.9 Å². The molecule has 0 bridgehead atoms. The van der Waals surface area contributed by atoms with Gasteiger partial charge in [0.1, 0.15) is 0 Å². The smallest absolute Gasteiger partial charge is 0.0736 e. The van der Waals surface area contributed by atoms with Crippen molar-refractivity contribution in [3.05, 3.63) is 66.7 Å². The quantitative estimate of drug-likeness (QED) is 0.406. The number of fused-ring (bicyclic) bond motifs is 2. The van der Waals surface area contributed by atoms with Crippen LogP contribution in [0.3, 0.4) is 0 Å². The molecule has 3 aromatic carbocycles. The Morgan fingerprint density at radius 1 is 0.636 bits per heavy atom. The molecular weight excluding hydrogens is 270 g/mol. The number of rotatable bonds is 1. The van der Waals surface area contributed by atoms with Gasteiger partial charge in [0.15, 0.2) is 0 Å². The van der Waals surface area contributed by atoms with Crippen molar-refractivity contribution < 1.29 is 0 Å². The number of hydrogen-bond donors (Lipinski definition) is 2. The number of aromatic nitrogens is 1. The van der Waals surface area contributed by atoms with Crippen molar-refractivity contribution in [1.29, 1.82) is 0 Å². The minimum Gasteiger partial charge on any atom is -0.399 e. The molecule has 4 rings (SSSR count). The lowest BCUT2D eigenvalue weighted by molar-refractivity contribution is 1.49. The molecule has 0 spiro atoms. The van der Waals surface area contributed by atoms with Crippen molar-refractivity contribution in [2.75, 3.05) is 11.5 Å². The highest BCUT2D eigenvalue weighted by Crippen LogP contribution is 2.35. The van der Waals surface area contributed by atoms with Gasteiger partial charge in [-0.25, -0.2) is 4.98 Å². The zero-order valence-electron chi connectivity index (χ0n) is 12.0. The lowest BCUT2D eigenvalue weighted by atomic mass is 9.96. The van der Waals surface area contributed by atoms with Crippen LogP contribution in [0.1, 0.15) is 0 Å². The maximum atomic E-state index is 5.92. The Labute approximate surface area is 128 Å². The molecule has 22 heavy (non-hydrogen) atoms. The lowest BCUT2D eigenvalue weighted by Crippen LogP contribution is -1.92. The van der Waals surface area contributed by atoms with E-state index in [1.807, 2.05) is 60.7 Å². The number of hydrogen-bond acceptors (Lipinski definition) is 3. The van der Waals surface area contributed by atoms with E-state index in [-0.39, 0.29) is 0 Å². The van der Waals surface area contributed by atoms with Crippen molar-refractivity contribution in [2.45, 2.75) is 0 Å². The SMILES string of the molecule is Nc1ccc(-c2c3ccccc3nc3cc(N)ccc23)cc1. The number of nitrogen functional groups attached to an aromatic ring is 2. The molecule has 4 aromatic rings. The molecule has 3 heteroatoms. The van der Waals surface area contributed by atoms with Crippen LogP contribution in [0, 0.1) is 0 Å². The zero-order chi connectivity index (χ0) is 15.1. The number of benzene rings is 3. The summed E-state index contributed by atoms with van der Waals surface area (Å²) in [6.45, 7) is 0. The molecule has 4 N–H and O–H groups in total. The van der Waals surface area contributed by atoms with Gasteiger partial charge in [0.25, 0.3) is 0 Å². The van der Waals surface area contributed by atoms with Crippen LogP contribution in [0.4, 0.5) is 11.4 Å². The first-order valence-corrected chi connectivity index (χ1v) is 7.16. The molecule has 1 aromatic heterocycles. The van der Waals surface area contributed by atoms with Gasteiger partial charge in [-0.2, -0.15) is 0 Å². The van der Waals surface area contributed by atoms with Crippen molar-refractivity contribution in [3.8, 4) is 11.1 Å². The number of pyridine rings is 1. The highest BCUT2D eigenvalue weighted by molar-refractivity contribution is 6.09. The summed E-state index contributed by atoms with van der Waals surface area (Å²) in [6, 6.07) is 22.0. The summed E-state index contributed by atoms with van der Waals surface area (Å²) in [5, 5.41) is 2.22. The van der Waals surface area contributed by atoms with Gasteiger partial charge < -0.3 is 11.5 Å². The van der Waals surface area contributed by atoms with Crippen molar-refractivity contribution in [3.63, 3.8) is 0 Å². The fourth-order valence-corrected chi connectivity index (χ4v) is 2.87. The van der Waals surface area contributed by atoms with Gasteiger partial charge in [0.05, 0.1) is 11.0 Å². The topological polar surface area (TPSA) is 64.9 Å². The van der Waals surface area contributed by atoms with Gasteiger partial charge in [-0.05, 0) is 35.9 Å². The van der Waals surface area contributed by atoms with Crippen molar-refractivity contribution >= 4 is 33.2 Å². The van der Waals surface area contributed by atoms with Crippen LogP contribution < -0.4 is 11.5 Å². The summed E-state index contributed by atoms with van der Waals surface area (Å²) in [5.74, 6) is 0. The number of anilines is 2. The minimum atomic E-state index is 0.721. The van der Waals surface area contributed by atoms with Crippen LogP contribution in [-0.4, -0.2) is 4.98 Å². The molecule has 0 radical (unpaired) electrons. The zero-order valence-corrected chi connectivity index (χ0v) is 12.0. The van der Waals surface area contributed by atoms with E-state index in [1.54, 1.807) is 0 Å². The third kappa shape index (κ3) is 1.95. The summed E-state index contributed by atoms with van der Waals surface area (Å²) >= 11 is 0. The number of para-hydroxylation sites is 1. The molecule has 106 valence electrons. The molecule has 0 fully saturated rings. The Bertz CT molecular complexity index is 989. The number of nitrogens with two attached hydrogens (primary N) is 2. The Kier molecular flexibility index (Phi) is 2.73. The van der Waals surface area contributed by atoms with Gasteiger partial charge in [-0.15, -0.1) is 0 Å². The average molecular weight is 285 g/mol. The third-order valence-electron chi connectivity index (χ3n) is 3.90. The predicted octanol–water partition coefficient (Wildman–Crippen LogP) is 4.22. The largest absolute Gasteiger partial charge is 0.399 e. The van der Waals surface area contributed by atoms with E-state index >= 15 is 0 Å². The molecule has 0 amide bonds. The van der Waals surface area contributed by atoms with Crippen LogP contribution in [0.15, 0.2) is 66.7 Å². The molecule has 0 unspecified atom stereocenters. The average Bonchev–Trinajstić information content (AvgIpc) is 2.53. The monoisotopic (exact) mass is 285 g/mol. The maximum absolute atomic E-state index is 5.92. The fraction of sp³-hybridized carbons (Fsp3) is 0. The van der Waals surface area contributed by atoms with E-state index in [4.69, 9.17) is 16.5 Å². The second-order valence-corrected chi connectivity index (χ2v) is 5.40. The molecule has 0 aliphatic heterocycles. The van der Waals surface area contributed by atoms with Gasteiger partial charge in [0.2, 0.25) is 0 Å². The Balaban J connectivity index is 2.18. The summed E-state index contributed by atoms with van der Waals surface area (Å²) in [7, 11) is 0. The van der Waals surface area contributed by atoms with Crippen LogP contribution >= 0.6 is 0 Å². The van der Waals surface area contributed by atoms with Gasteiger partial charge in [-0.3, -0.25) is 0 Å². The lowest BCUT2D eigenvalue weighted by Gasteiger charge is -2.12. The van der Waals surface area contributed by atoms with Crippen molar-refractivity contribution in [1.82, 2.24) is 4.98 Å². The van der Waals surface area contributed by atoms with Gasteiger partial charge in [-0.1, -0.05) is 36.4 Å². The summed E-state index contributed by atoms with van der Waals surface area (Å²) in [4.78, 5) is 4.74. The Morgan fingerprint density at radius 3 is 2.14 bits per heavy atom. The Morgan fingerprint density at radius 2 is 1.32 bits per heavy atom. The number of nitrogens with zero attached hydrogens (tertiary/aromatic N) is 1. The van der Waals surface area contributed by atoms with Gasteiger partial charge >= 0.3 is 0 Å².